The zero-order chi connectivity index (χ0) is 24.1. The Balaban J connectivity index is 1.38. The molecule has 2 aliphatic heterocycles. The van der Waals surface area contributed by atoms with Crippen molar-refractivity contribution in [2.75, 3.05) is 32.8 Å². The van der Waals surface area contributed by atoms with Crippen molar-refractivity contribution in [1.29, 1.82) is 0 Å². The maximum atomic E-state index is 12.4. The summed E-state index contributed by atoms with van der Waals surface area (Å²) in [4.78, 5) is 18.5. The van der Waals surface area contributed by atoms with Gasteiger partial charge in [-0.2, -0.15) is 13.2 Å². The second-order valence-corrected chi connectivity index (χ2v) is 9.67. The molecule has 1 fully saturated rings. The maximum absolute atomic E-state index is 12.4. The van der Waals surface area contributed by atoms with Gasteiger partial charge in [-0.1, -0.05) is 6.07 Å². The van der Waals surface area contributed by atoms with Gasteiger partial charge in [-0.05, 0) is 52.0 Å². The average molecular weight is 474 g/mol. The van der Waals surface area contributed by atoms with E-state index in [2.05, 4.69) is 15.2 Å². The van der Waals surface area contributed by atoms with Crippen LogP contribution in [0.2, 0.25) is 0 Å². The number of hydrogen-bond donors (Lipinski definition) is 1. The Kier molecular flexibility index (Phi) is 8.44. The maximum Gasteiger partial charge on any atom is 0.422 e. The second kappa shape index (κ2) is 10.9. The van der Waals surface area contributed by atoms with Crippen LogP contribution >= 0.6 is 0 Å². The summed E-state index contributed by atoms with van der Waals surface area (Å²) in [5, 5.41) is 2.87. The number of aromatic nitrogens is 1. The number of ether oxygens (including phenoxy) is 3. The molecule has 0 saturated carbocycles. The number of pyridine rings is 1. The average Bonchev–Trinajstić information content (AvgIpc) is 2.92. The first-order valence-corrected chi connectivity index (χ1v) is 11.5. The Morgan fingerprint density at radius 3 is 2.64 bits per heavy atom. The van der Waals surface area contributed by atoms with Gasteiger partial charge >= 0.3 is 12.3 Å². The molecule has 3 rings (SSSR count). The predicted molar refractivity (Wildman–Crippen MR) is 116 cm³/mol. The normalized spacial score (nSPS) is 22.2. The number of rotatable bonds is 6. The van der Waals surface area contributed by atoms with E-state index in [1.54, 1.807) is 0 Å². The molecule has 0 unspecified atom stereocenters. The molecule has 3 heterocycles. The van der Waals surface area contributed by atoms with Gasteiger partial charge in [0.05, 0.1) is 18.8 Å². The minimum Gasteiger partial charge on any atom is -0.468 e. The third-order valence-corrected chi connectivity index (χ3v) is 5.65. The van der Waals surface area contributed by atoms with Crippen molar-refractivity contribution in [1.82, 2.24) is 15.2 Å². The lowest BCUT2D eigenvalue weighted by Crippen LogP contribution is -2.45. The van der Waals surface area contributed by atoms with E-state index in [9.17, 15) is 18.0 Å². The Bertz CT molecular complexity index is 790. The molecule has 1 aromatic rings. The van der Waals surface area contributed by atoms with E-state index in [4.69, 9.17) is 14.2 Å². The molecule has 2 atom stereocenters. The van der Waals surface area contributed by atoms with E-state index in [-0.39, 0.29) is 18.0 Å². The first kappa shape index (κ1) is 25.6. The molecule has 7 nitrogen and oxygen atoms in total. The molecule has 0 aliphatic carbocycles. The highest BCUT2D eigenvalue weighted by atomic mass is 19.4. The molecular formula is C23H34F3N3O4. The highest BCUT2D eigenvalue weighted by Gasteiger charge is 2.29. The molecule has 33 heavy (non-hydrogen) atoms. The highest BCUT2D eigenvalue weighted by Crippen LogP contribution is 2.22. The molecule has 2 aliphatic rings. The summed E-state index contributed by atoms with van der Waals surface area (Å²) >= 11 is 0. The van der Waals surface area contributed by atoms with Crippen LogP contribution in [0.4, 0.5) is 18.0 Å². The summed E-state index contributed by atoms with van der Waals surface area (Å²) in [7, 11) is 0. The van der Waals surface area contributed by atoms with Crippen molar-refractivity contribution < 1.29 is 32.2 Å². The standard InChI is InChI=1S/C23H34F3N3O4/c1-22(2,3)33-21(30)27-17-5-6-18(31-14-17)9-12-29-11-8-16-4-7-20(28-19(16)10-13-29)32-15-23(24,25)26/h4,7,17-18H,5-6,8-15H2,1-3H3,(H,27,30)/t17-,18+/m0/s1. The quantitative estimate of drug-likeness (QED) is 0.676. The number of nitrogens with zero attached hydrogens (tertiary/aromatic N) is 2. The molecule has 10 heteroatoms. The van der Waals surface area contributed by atoms with Crippen LogP contribution in [0.1, 0.15) is 51.3 Å². The van der Waals surface area contributed by atoms with Crippen LogP contribution < -0.4 is 10.1 Å². The summed E-state index contributed by atoms with van der Waals surface area (Å²) in [6.45, 7) is 7.17. The fraction of sp³-hybridized carbons (Fsp3) is 0.739. The van der Waals surface area contributed by atoms with Crippen LogP contribution in [0.3, 0.4) is 0 Å². The van der Waals surface area contributed by atoms with E-state index >= 15 is 0 Å². The molecule has 1 N–H and O–H groups in total. The van der Waals surface area contributed by atoms with Gasteiger partial charge in [-0.15, -0.1) is 0 Å². The minimum absolute atomic E-state index is 0.0182. The van der Waals surface area contributed by atoms with Crippen molar-refractivity contribution in [2.45, 2.75) is 76.8 Å². The SMILES string of the molecule is CC(C)(C)OC(=O)N[C@H]1CC[C@H](CCN2CCc3ccc(OCC(F)(F)F)nc3CC2)OC1. The van der Waals surface area contributed by atoms with Gasteiger partial charge in [0.25, 0.3) is 0 Å². The lowest BCUT2D eigenvalue weighted by atomic mass is 10.0. The number of carbonyl (C=O) groups is 1. The number of carbonyl (C=O) groups excluding carboxylic acids is 1. The summed E-state index contributed by atoms with van der Waals surface area (Å²) < 4.78 is 53.2. The Morgan fingerprint density at radius 2 is 1.97 bits per heavy atom. The van der Waals surface area contributed by atoms with E-state index in [1.807, 2.05) is 26.8 Å². The first-order chi connectivity index (χ1) is 15.5. The van der Waals surface area contributed by atoms with Crippen LogP contribution in [-0.2, 0) is 22.3 Å². The topological polar surface area (TPSA) is 72.9 Å². The van der Waals surface area contributed by atoms with Crippen LogP contribution in [0, 0.1) is 0 Å². The van der Waals surface area contributed by atoms with Gasteiger partial charge in [0.1, 0.15) is 5.60 Å². The molecule has 186 valence electrons. The third-order valence-electron chi connectivity index (χ3n) is 5.65. The van der Waals surface area contributed by atoms with Crippen molar-refractivity contribution in [3.05, 3.63) is 23.4 Å². The molecule has 0 aromatic carbocycles. The highest BCUT2D eigenvalue weighted by molar-refractivity contribution is 5.68. The first-order valence-electron chi connectivity index (χ1n) is 11.5. The van der Waals surface area contributed by atoms with Gasteiger partial charge in [0.2, 0.25) is 5.88 Å². The molecule has 0 spiro atoms. The summed E-state index contributed by atoms with van der Waals surface area (Å²) in [5.41, 5.74) is 1.34. The second-order valence-electron chi connectivity index (χ2n) is 9.67. The van der Waals surface area contributed by atoms with Crippen molar-refractivity contribution in [3.63, 3.8) is 0 Å². The van der Waals surface area contributed by atoms with E-state index in [0.717, 1.165) is 56.6 Å². The third kappa shape index (κ3) is 9.00. The molecule has 1 aromatic heterocycles. The fourth-order valence-electron chi connectivity index (χ4n) is 4.02. The summed E-state index contributed by atoms with van der Waals surface area (Å²) in [6.07, 6.45) is -0.565. The number of alkyl halides is 3. The lowest BCUT2D eigenvalue weighted by molar-refractivity contribution is -0.154. The van der Waals surface area contributed by atoms with Crippen LogP contribution in [-0.4, -0.2) is 72.7 Å². The smallest absolute Gasteiger partial charge is 0.422 e. The summed E-state index contributed by atoms with van der Waals surface area (Å²) in [5.74, 6) is 0.0182. The number of fused-ring (bicyclic) bond motifs is 1. The largest absolute Gasteiger partial charge is 0.468 e. The van der Waals surface area contributed by atoms with Crippen LogP contribution in [0.25, 0.3) is 0 Å². The van der Waals surface area contributed by atoms with Gasteiger partial charge < -0.3 is 24.4 Å². The van der Waals surface area contributed by atoms with Crippen molar-refractivity contribution in [2.24, 2.45) is 0 Å². The Labute approximate surface area is 193 Å². The predicted octanol–water partition coefficient (Wildman–Crippen LogP) is 3.89. The lowest BCUT2D eigenvalue weighted by Gasteiger charge is -2.31. The minimum atomic E-state index is -4.38. The van der Waals surface area contributed by atoms with E-state index in [0.29, 0.717) is 13.0 Å². The molecule has 0 bridgehead atoms. The molecular weight excluding hydrogens is 439 g/mol. The number of hydrogen-bond acceptors (Lipinski definition) is 6. The van der Waals surface area contributed by atoms with E-state index < -0.39 is 24.5 Å². The Morgan fingerprint density at radius 1 is 1.21 bits per heavy atom. The van der Waals surface area contributed by atoms with E-state index in [1.165, 1.54) is 6.07 Å². The fourth-order valence-corrected chi connectivity index (χ4v) is 4.02. The molecule has 0 radical (unpaired) electrons. The van der Waals surface area contributed by atoms with Crippen molar-refractivity contribution in [3.8, 4) is 5.88 Å². The molecule has 1 amide bonds. The monoisotopic (exact) mass is 473 g/mol. The van der Waals surface area contributed by atoms with Crippen LogP contribution in [0.15, 0.2) is 12.1 Å². The number of nitrogens with one attached hydrogen (secondary N) is 1. The number of amides is 1. The molecule has 1 saturated heterocycles. The van der Waals surface area contributed by atoms with Crippen molar-refractivity contribution >= 4 is 6.09 Å². The van der Waals surface area contributed by atoms with Gasteiger partial charge in [0.15, 0.2) is 6.61 Å². The van der Waals surface area contributed by atoms with Gasteiger partial charge in [-0.25, -0.2) is 9.78 Å². The summed E-state index contributed by atoms with van der Waals surface area (Å²) in [6, 6.07) is 3.29. The van der Waals surface area contributed by atoms with Crippen LogP contribution in [0.5, 0.6) is 5.88 Å². The zero-order valence-corrected chi connectivity index (χ0v) is 19.5. The Hall–Kier alpha value is -2.07. The van der Waals surface area contributed by atoms with Gasteiger partial charge in [0, 0.05) is 37.8 Å². The number of alkyl carbamates (subject to hydrolysis) is 1. The number of halogens is 3. The zero-order valence-electron chi connectivity index (χ0n) is 19.5. The van der Waals surface area contributed by atoms with Gasteiger partial charge in [-0.3, -0.25) is 0 Å².